The number of anilines is 1. The molecule has 2 aromatic rings. The molecule has 0 saturated heterocycles. The van der Waals surface area contributed by atoms with Gasteiger partial charge < -0.3 is 14.8 Å². The smallest absolute Gasteiger partial charge is 0.338 e. The first-order valence-electron chi connectivity index (χ1n) is 8.83. The predicted molar refractivity (Wildman–Crippen MR) is 98.1 cm³/mol. The van der Waals surface area contributed by atoms with Crippen LogP contribution in [-0.4, -0.2) is 34.5 Å². The SMILES string of the molecule is CCCC1=C(C(=O)OCC)C(c2ccc(OC)cc2)n2nc(C)nc2N1. The molecule has 1 aliphatic heterocycles. The first-order valence-corrected chi connectivity index (χ1v) is 8.83. The van der Waals surface area contributed by atoms with Crippen LogP contribution in [0.5, 0.6) is 5.75 Å². The summed E-state index contributed by atoms with van der Waals surface area (Å²) in [6, 6.07) is 7.25. The van der Waals surface area contributed by atoms with Gasteiger partial charge in [0, 0.05) is 5.70 Å². The third kappa shape index (κ3) is 3.29. The molecule has 3 rings (SSSR count). The van der Waals surface area contributed by atoms with Crippen LogP contribution >= 0.6 is 0 Å². The van der Waals surface area contributed by atoms with E-state index in [-0.39, 0.29) is 12.0 Å². The summed E-state index contributed by atoms with van der Waals surface area (Å²) in [6.45, 7) is 6.04. The molecule has 26 heavy (non-hydrogen) atoms. The average molecular weight is 356 g/mol. The molecule has 138 valence electrons. The van der Waals surface area contributed by atoms with Gasteiger partial charge in [-0.3, -0.25) is 0 Å². The van der Waals surface area contributed by atoms with Gasteiger partial charge in [0.2, 0.25) is 5.95 Å². The Balaban J connectivity index is 2.16. The molecule has 1 aromatic carbocycles. The van der Waals surface area contributed by atoms with Crippen LogP contribution in [0.2, 0.25) is 0 Å². The van der Waals surface area contributed by atoms with Gasteiger partial charge in [0.1, 0.15) is 17.6 Å². The number of benzene rings is 1. The number of fused-ring (bicyclic) bond motifs is 1. The van der Waals surface area contributed by atoms with Gasteiger partial charge in [-0.15, -0.1) is 0 Å². The van der Waals surface area contributed by atoms with E-state index in [1.54, 1.807) is 11.8 Å². The molecule has 0 aliphatic carbocycles. The van der Waals surface area contributed by atoms with Crippen LogP contribution in [0.25, 0.3) is 0 Å². The van der Waals surface area contributed by atoms with E-state index in [0.29, 0.717) is 24.0 Å². The number of carbonyl (C=O) groups is 1. The Bertz CT molecular complexity index is 824. The number of carbonyl (C=O) groups excluding carboxylic acids is 1. The Labute approximate surface area is 153 Å². The van der Waals surface area contributed by atoms with Gasteiger partial charge in [-0.2, -0.15) is 10.1 Å². The Morgan fingerprint density at radius 2 is 2.00 bits per heavy atom. The number of rotatable bonds is 6. The number of ether oxygens (including phenoxy) is 2. The Hall–Kier alpha value is -2.83. The maximum Gasteiger partial charge on any atom is 0.338 e. The van der Waals surface area contributed by atoms with E-state index in [1.807, 2.05) is 38.1 Å². The zero-order valence-corrected chi connectivity index (χ0v) is 15.6. The molecule has 1 unspecified atom stereocenters. The van der Waals surface area contributed by atoms with Crippen LogP contribution < -0.4 is 10.1 Å². The van der Waals surface area contributed by atoms with Crippen LogP contribution in [0.15, 0.2) is 35.5 Å². The number of nitrogens with zero attached hydrogens (tertiary/aromatic N) is 3. The molecule has 7 heteroatoms. The van der Waals surface area contributed by atoms with Crippen molar-refractivity contribution >= 4 is 11.9 Å². The van der Waals surface area contributed by atoms with Crippen molar-refractivity contribution in [1.82, 2.24) is 14.8 Å². The number of allylic oxidation sites excluding steroid dienone is 1. The summed E-state index contributed by atoms with van der Waals surface area (Å²) in [6.07, 6.45) is 1.63. The Morgan fingerprint density at radius 1 is 1.27 bits per heavy atom. The van der Waals surface area contributed by atoms with Crippen LogP contribution in [0.1, 0.15) is 44.1 Å². The lowest BCUT2D eigenvalue weighted by Gasteiger charge is -2.29. The number of aromatic nitrogens is 3. The van der Waals surface area contributed by atoms with Gasteiger partial charge in [-0.1, -0.05) is 25.5 Å². The fraction of sp³-hybridized carbons (Fsp3) is 0.421. The molecule has 0 spiro atoms. The molecular formula is C19H24N4O3. The third-order valence-electron chi connectivity index (χ3n) is 4.27. The van der Waals surface area contributed by atoms with E-state index < -0.39 is 0 Å². The summed E-state index contributed by atoms with van der Waals surface area (Å²) < 4.78 is 12.4. The van der Waals surface area contributed by atoms with Gasteiger partial charge in [-0.25, -0.2) is 9.48 Å². The highest BCUT2D eigenvalue weighted by atomic mass is 16.5. The van der Waals surface area contributed by atoms with Crippen molar-refractivity contribution in [1.29, 1.82) is 0 Å². The van der Waals surface area contributed by atoms with Gasteiger partial charge in [0.05, 0.1) is 19.3 Å². The van der Waals surface area contributed by atoms with E-state index in [1.165, 1.54) is 0 Å². The second kappa shape index (κ2) is 7.59. The molecular weight excluding hydrogens is 332 g/mol. The Morgan fingerprint density at radius 3 is 2.62 bits per heavy atom. The minimum absolute atomic E-state index is 0.320. The maximum absolute atomic E-state index is 12.8. The molecule has 0 fully saturated rings. The van der Waals surface area contributed by atoms with Crippen molar-refractivity contribution in [2.45, 2.75) is 39.7 Å². The summed E-state index contributed by atoms with van der Waals surface area (Å²) in [5.74, 6) is 1.71. The second-order valence-corrected chi connectivity index (χ2v) is 6.09. The first-order chi connectivity index (χ1) is 12.6. The number of methoxy groups -OCH3 is 1. The van der Waals surface area contributed by atoms with Crippen LogP contribution in [-0.2, 0) is 9.53 Å². The standard InChI is InChI=1S/C19H24N4O3/c1-5-7-15-16(18(24)26-6-2)17(13-8-10-14(25-4)11-9-13)23-19(21-15)20-12(3)22-23/h8-11,17H,5-7H2,1-4H3,(H,20,21,22). The number of hydrogen-bond donors (Lipinski definition) is 1. The monoisotopic (exact) mass is 356 g/mol. The average Bonchev–Trinajstić information content (AvgIpc) is 3.01. The van der Waals surface area contributed by atoms with Gasteiger partial charge in [0.15, 0.2) is 0 Å². The maximum atomic E-state index is 12.8. The highest BCUT2D eigenvalue weighted by Gasteiger charge is 2.35. The highest BCUT2D eigenvalue weighted by molar-refractivity contribution is 5.92. The second-order valence-electron chi connectivity index (χ2n) is 6.09. The van der Waals surface area contributed by atoms with Gasteiger partial charge in [-0.05, 0) is 38.0 Å². The number of hydrogen-bond acceptors (Lipinski definition) is 6. The summed E-state index contributed by atoms with van der Waals surface area (Å²) in [5.41, 5.74) is 2.35. The lowest BCUT2D eigenvalue weighted by atomic mass is 9.94. The van der Waals surface area contributed by atoms with Crippen molar-refractivity contribution in [2.75, 3.05) is 19.0 Å². The fourth-order valence-electron chi connectivity index (χ4n) is 3.17. The molecule has 7 nitrogen and oxygen atoms in total. The molecule has 0 amide bonds. The van der Waals surface area contributed by atoms with E-state index in [4.69, 9.17) is 9.47 Å². The van der Waals surface area contributed by atoms with Crippen molar-refractivity contribution < 1.29 is 14.3 Å². The van der Waals surface area contributed by atoms with Gasteiger partial charge >= 0.3 is 5.97 Å². The molecule has 0 saturated carbocycles. The first kappa shape index (κ1) is 18.0. The largest absolute Gasteiger partial charge is 0.497 e. The molecule has 1 atom stereocenters. The van der Waals surface area contributed by atoms with E-state index in [0.717, 1.165) is 29.9 Å². The summed E-state index contributed by atoms with van der Waals surface area (Å²) in [4.78, 5) is 17.3. The van der Waals surface area contributed by atoms with Gasteiger partial charge in [0.25, 0.3) is 0 Å². The summed E-state index contributed by atoms with van der Waals surface area (Å²) in [7, 11) is 1.63. The lowest BCUT2D eigenvalue weighted by Crippen LogP contribution is -2.30. The van der Waals surface area contributed by atoms with Crippen molar-refractivity contribution in [3.05, 3.63) is 46.9 Å². The van der Waals surface area contributed by atoms with Crippen molar-refractivity contribution in [2.24, 2.45) is 0 Å². The normalized spacial score (nSPS) is 16.1. The lowest BCUT2D eigenvalue weighted by molar-refractivity contribution is -0.139. The van der Waals surface area contributed by atoms with Crippen LogP contribution in [0.4, 0.5) is 5.95 Å². The van der Waals surface area contributed by atoms with Crippen LogP contribution in [0, 0.1) is 6.92 Å². The molecule has 0 bridgehead atoms. The third-order valence-corrected chi connectivity index (χ3v) is 4.27. The Kier molecular flexibility index (Phi) is 5.25. The summed E-state index contributed by atoms with van der Waals surface area (Å²) >= 11 is 0. The quantitative estimate of drug-likeness (QED) is 0.801. The molecule has 0 radical (unpaired) electrons. The topological polar surface area (TPSA) is 78.3 Å². The molecule has 1 N–H and O–H groups in total. The fourth-order valence-corrected chi connectivity index (χ4v) is 3.17. The summed E-state index contributed by atoms with van der Waals surface area (Å²) in [5, 5.41) is 7.78. The molecule has 1 aromatic heterocycles. The number of aryl methyl sites for hydroxylation is 1. The van der Waals surface area contributed by atoms with E-state index in [2.05, 4.69) is 22.3 Å². The minimum atomic E-state index is -0.390. The molecule has 2 heterocycles. The van der Waals surface area contributed by atoms with Crippen molar-refractivity contribution in [3.63, 3.8) is 0 Å². The zero-order chi connectivity index (χ0) is 18.7. The van der Waals surface area contributed by atoms with E-state index >= 15 is 0 Å². The number of nitrogens with one attached hydrogen (secondary N) is 1. The minimum Gasteiger partial charge on any atom is -0.497 e. The molecule has 1 aliphatic rings. The predicted octanol–water partition coefficient (Wildman–Crippen LogP) is 3.23. The number of esters is 1. The van der Waals surface area contributed by atoms with Crippen molar-refractivity contribution in [3.8, 4) is 5.75 Å². The van der Waals surface area contributed by atoms with Crippen LogP contribution in [0.3, 0.4) is 0 Å². The zero-order valence-electron chi connectivity index (χ0n) is 15.6. The van der Waals surface area contributed by atoms with E-state index in [9.17, 15) is 4.79 Å². The highest BCUT2D eigenvalue weighted by Crippen LogP contribution is 2.37.